The van der Waals surface area contributed by atoms with Gasteiger partial charge < -0.3 is 5.73 Å². The first kappa shape index (κ1) is 9.77. The molecule has 2 aromatic heterocycles. The third-order valence-corrected chi connectivity index (χ3v) is 3.95. The number of fused-ring (bicyclic) bond motifs is 1. The van der Waals surface area contributed by atoms with Crippen LogP contribution in [0.2, 0.25) is 0 Å². The molecule has 1 aliphatic rings. The zero-order valence-corrected chi connectivity index (χ0v) is 9.54. The van der Waals surface area contributed by atoms with Crippen LogP contribution in [0.4, 0.5) is 5.95 Å². The number of anilines is 1. The minimum absolute atomic E-state index is 0.0572. The van der Waals surface area contributed by atoms with E-state index >= 15 is 0 Å². The zero-order valence-electron chi connectivity index (χ0n) is 8.72. The summed E-state index contributed by atoms with van der Waals surface area (Å²) in [6.07, 6.45) is 6.14. The van der Waals surface area contributed by atoms with Gasteiger partial charge in [0.2, 0.25) is 5.95 Å². The molecule has 0 atom stereocenters. The van der Waals surface area contributed by atoms with Gasteiger partial charge in [0.25, 0.3) is 0 Å². The normalized spacial score (nSPS) is 17.2. The van der Waals surface area contributed by atoms with Crippen LogP contribution in [0.15, 0.2) is 11.0 Å². The average Bonchev–Trinajstić information content (AvgIpc) is 2.83. The van der Waals surface area contributed by atoms with Gasteiger partial charge in [0.05, 0.1) is 10.9 Å². The largest absolute Gasteiger partial charge is 0.368 e. The molecule has 1 aliphatic carbocycles. The predicted octanol–water partition coefficient (Wildman–Crippen LogP) is 1.55. The molecular formula is C10H12N4OS. The summed E-state index contributed by atoms with van der Waals surface area (Å²) < 4.78 is 2.62. The highest BCUT2D eigenvalue weighted by atomic mass is 32.1. The van der Waals surface area contributed by atoms with E-state index in [4.69, 9.17) is 5.73 Å². The molecule has 2 N–H and O–H groups in total. The van der Waals surface area contributed by atoms with E-state index in [1.165, 1.54) is 24.2 Å². The van der Waals surface area contributed by atoms with Gasteiger partial charge in [-0.3, -0.25) is 9.36 Å². The van der Waals surface area contributed by atoms with E-state index in [-0.39, 0.29) is 10.8 Å². The summed E-state index contributed by atoms with van der Waals surface area (Å²) in [7, 11) is 0. The van der Waals surface area contributed by atoms with Crippen LogP contribution in [0, 0.1) is 0 Å². The van der Waals surface area contributed by atoms with Crippen LogP contribution in [0.25, 0.3) is 10.3 Å². The monoisotopic (exact) mass is 236 g/mol. The molecule has 6 heteroatoms. The number of nitrogen functional groups attached to an aromatic ring is 1. The number of hydrogen-bond donors (Lipinski definition) is 1. The molecule has 0 aliphatic heterocycles. The second kappa shape index (κ2) is 3.55. The molecule has 3 rings (SSSR count). The SMILES string of the molecule is Nc1ncc2sc(=O)n(C3CCCC3)c2n1. The van der Waals surface area contributed by atoms with Crippen LogP contribution in [0.3, 0.4) is 0 Å². The maximum Gasteiger partial charge on any atom is 0.309 e. The molecule has 0 amide bonds. The van der Waals surface area contributed by atoms with Crippen molar-refractivity contribution in [3.8, 4) is 0 Å². The number of thiazole rings is 1. The molecule has 0 saturated heterocycles. The summed E-state index contributed by atoms with van der Waals surface area (Å²) in [5.41, 5.74) is 6.27. The first-order valence-electron chi connectivity index (χ1n) is 5.39. The van der Waals surface area contributed by atoms with Crippen LogP contribution >= 0.6 is 11.3 Å². The third kappa shape index (κ3) is 1.41. The Labute approximate surface area is 95.9 Å². The van der Waals surface area contributed by atoms with E-state index < -0.39 is 0 Å². The van der Waals surface area contributed by atoms with Gasteiger partial charge in [-0.05, 0) is 12.8 Å². The fourth-order valence-electron chi connectivity index (χ4n) is 2.33. The lowest BCUT2D eigenvalue weighted by Gasteiger charge is -2.10. The van der Waals surface area contributed by atoms with Crippen molar-refractivity contribution >= 4 is 27.6 Å². The maximum absolute atomic E-state index is 11.9. The molecule has 0 bridgehead atoms. The average molecular weight is 236 g/mol. The second-order valence-corrected chi connectivity index (χ2v) is 5.09. The molecule has 1 saturated carbocycles. The standard InChI is InChI=1S/C10H12N4OS/c11-9-12-5-7-8(13-9)14(10(15)16-7)6-3-1-2-4-6/h5-6H,1-4H2,(H2,11,12,13). The Morgan fingerprint density at radius 2 is 2.19 bits per heavy atom. The topological polar surface area (TPSA) is 73.8 Å². The fraction of sp³-hybridized carbons (Fsp3) is 0.500. The van der Waals surface area contributed by atoms with Crippen LogP contribution in [-0.4, -0.2) is 14.5 Å². The highest BCUT2D eigenvalue weighted by Gasteiger charge is 2.22. The van der Waals surface area contributed by atoms with Gasteiger partial charge in [0.1, 0.15) is 0 Å². The van der Waals surface area contributed by atoms with Gasteiger partial charge in [-0.25, -0.2) is 4.98 Å². The van der Waals surface area contributed by atoms with Gasteiger partial charge in [-0.2, -0.15) is 4.98 Å². The molecule has 2 heterocycles. The maximum atomic E-state index is 11.9. The van der Waals surface area contributed by atoms with E-state index in [0.29, 0.717) is 11.7 Å². The summed E-state index contributed by atoms with van der Waals surface area (Å²) >= 11 is 1.20. The highest BCUT2D eigenvalue weighted by Crippen LogP contribution is 2.31. The van der Waals surface area contributed by atoms with Crippen LogP contribution in [0.5, 0.6) is 0 Å². The smallest absolute Gasteiger partial charge is 0.309 e. The molecular weight excluding hydrogens is 224 g/mol. The number of aromatic nitrogens is 3. The summed E-state index contributed by atoms with van der Waals surface area (Å²) in [6.45, 7) is 0. The molecule has 5 nitrogen and oxygen atoms in total. The van der Waals surface area contributed by atoms with E-state index in [2.05, 4.69) is 9.97 Å². The predicted molar refractivity (Wildman–Crippen MR) is 63.6 cm³/mol. The van der Waals surface area contributed by atoms with Gasteiger partial charge in [-0.1, -0.05) is 24.2 Å². The van der Waals surface area contributed by atoms with Crippen molar-refractivity contribution < 1.29 is 0 Å². The lowest BCUT2D eigenvalue weighted by atomic mass is 10.2. The van der Waals surface area contributed by atoms with Gasteiger partial charge >= 0.3 is 4.87 Å². The number of hydrogen-bond acceptors (Lipinski definition) is 5. The lowest BCUT2D eigenvalue weighted by molar-refractivity contribution is 0.523. The number of nitrogens with zero attached hydrogens (tertiary/aromatic N) is 3. The summed E-state index contributed by atoms with van der Waals surface area (Å²) in [5, 5.41) is 0. The first-order chi connectivity index (χ1) is 7.75. The number of nitrogens with two attached hydrogens (primary N) is 1. The second-order valence-electron chi connectivity index (χ2n) is 4.09. The van der Waals surface area contributed by atoms with Gasteiger partial charge in [0, 0.05) is 6.04 Å². The van der Waals surface area contributed by atoms with Crippen molar-refractivity contribution in [2.45, 2.75) is 31.7 Å². The molecule has 16 heavy (non-hydrogen) atoms. The minimum atomic E-state index is 0.0572. The lowest BCUT2D eigenvalue weighted by Crippen LogP contribution is -2.18. The van der Waals surface area contributed by atoms with Crippen molar-refractivity contribution in [2.75, 3.05) is 5.73 Å². The van der Waals surface area contributed by atoms with Crippen molar-refractivity contribution in [3.05, 3.63) is 15.9 Å². The molecule has 0 spiro atoms. The van der Waals surface area contributed by atoms with Crippen LogP contribution in [-0.2, 0) is 0 Å². The Kier molecular flexibility index (Phi) is 2.17. The Morgan fingerprint density at radius 1 is 1.44 bits per heavy atom. The Morgan fingerprint density at radius 3 is 2.94 bits per heavy atom. The molecule has 0 aromatic carbocycles. The third-order valence-electron chi connectivity index (χ3n) is 3.07. The Bertz CT molecular complexity index is 582. The molecule has 0 radical (unpaired) electrons. The van der Waals surface area contributed by atoms with E-state index in [9.17, 15) is 4.79 Å². The quantitative estimate of drug-likeness (QED) is 0.815. The van der Waals surface area contributed by atoms with Crippen molar-refractivity contribution in [2.24, 2.45) is 0 Å². The van der Waals surface area contributed by atoms with Gasteiger partial charge in [0.15, 0.2) is 5.65 Å². The molecule has 84 valence electrons. The highest BCUT2D eigenvalue weighted by molar-refractivity contribution is 7.16. The summed E-state index contributed by atoms with van der Waals surface area (Å²) in [4.78, 5) is 20.1. The molecule has 2 aromatic rings. The Balaban J connectivity index is 2.25. The minimum Gasteiger partial charge on any atom is -0.368 e. The van der Waals surface area contributed by atoms with Gasteiger partial charge in [-0.15, -0.1) is 0 Å². The van der Waals surface area contributed by atoms with E-state index in [1.807, 2.05) is 0 Å². The molecule has 0 unspecified atom stereocenters. The number of rotatable bonds is 1. The van der Waals surface area contributed by atoms with E-state index in [0.717, 1.165) is 17.5 Å². The van der Waals surface area contributed by atoms with Crippen LogP contribution in [0.1, 0.15) is 31.7 Å². The van der Waals surface area contributed by atoms with Crippen molar-refractivity contribution in [3.63, 3.8) is 0 Å². The van der Waals surface area contributed by atoms with Crippen molar-refractivity contribution in [1.29, 1.82) is 0 Å². The van der Waals surface area contributed by atoms with E-state index in [1.54, 1.807) is 10.8 Å². The summed E-state index contributed by atoms with van der Waals surface area (Å²) in [5.74, 6) is 0.233. The Hall–Kier alpha value is -1.43. The summed E-state index contributed by atoms with van der Waals surface area (Å²) in [6, 6.07) is 0.301. The fourth-order valence-corrected chi connectivity index (χ4v) is 3.20. The first-order valence-corrected chi connectivity index (χ1v) is 6.21. The van der Waals surface area contributed by atoms with Crippen LogP contribution < -0.4 is 10.6 Å². The van der Waals surface area contributed by atoms with Crippen molar-refractivity contribution in [1.82, 2.24) is 14.5 Å². The molecule has 1 fully saturated rings. The zero-order chi connectivity index (χ0) is 11.1.